The predicted octanol–water partition coefficient (Wildman–Crippen LogP) is 2.47. The van der Waals surface area contributed by atoms with Crippen molar-refractivity contribution >= 4 is 8.73 Å². The molecule has 19 heavy (non-hydrogen) atoms. The first-order valence-corrected chi connectivity index (χ1v) is 7.73. The fourth-order valence-corrected chi connectivity index (χ4v) is 2.07. The van der Waals surface area contributed by atoms with E-state index in [2.05, 4.69) is 5.09 Å². The minimum Gasteiger partial charge on any atom is -0.487 e. The number of aliphatic hydroxyl groups is 1. The molecule has 3 nitrogen and oxygen atoms in total. The monoisotopic (exact) mass is 291 g/mol. The molecule has 6 heteroatoms. The van der Waals surface area contributed by atoms with Gasteiger partial charge < -0.3 is 9.84 Å². The van der Waals surface area contributed by atoms with Crippen molar-refractivity contribution in [3.63, 3.8) is 0 Å². The van der Waals surface area contributed by atoms with Crippen LogP contribution in [0.5, 0.6) is 5.75 Å². The van der Waals surface area contributed by atoms with Crippen LogP contribution in [-0.2, 0) is 6.42 Å². The van der Waals surface area contributed by atoms with E-state index in [0.717, 1.165) is 18.7 Å². The second-order valence-electron chi connectivity index (χ2n) is 4.28. The molecule has 0 bridgehead atoms. The molecule has 1 aromatic carbocycles. The zero-order chi connectivity index (χ0) is 14.3. The summed E-state index contributed by atoms with van der Waals surface area (Å²) in [5.74, 6) is -1.15. The SMILES string of the molecule is CPNCCCc1c(F)ccc(F)c1OCC(C)O. The second-order valence-corrected chi connectivity index (χ2v) is 5.13. The minimum atomic E-state index is -0.724. The summed E-state index contributed by atoms with van der Waals surface area (Å²) in [5.41, 5.74) is 0.238. The van der Waals surface area contributed by atoms with Crippen LogP contribution in [0.15, 0.2) is 12.1 Å². The molecule has 1 aromatic rings. The first-order chi connectivity index (χ1) is 9.06. The average Bonchev–Trinajstić information content (AvgIpc) is 2.37. The zero-order valence-corrected chi connectivity index (χ0v) is 12.2. The lowest BCUT2D eigenvalue weighted by Crippen LogP contribution is -2.15. The van der Waals surface area contributed by atoms with Gasteiger partial charge in [0.25, 0.3) is 0 Å². The molecule has 2 unspecified atom stereocenters. The summed E-state index contributed by atoms with van der Waals surface area (Å²) in [6.45, 7) is 4.24. The summed E-state index contributed by atoms with van der Waals surface area (Å²) in [6.07, 6.45) is 0.376. The van der Waals surface area contributed by atoms with Crippen molar-refractivity contribution in [2.75, 3.05) is 19.8 Å². The zero-order valence-electron chi connectivity index (χ0n) is 11.2. The van der Waals surface area contributed by atoms with E-state index in [-0.39, 0.29) is 17.9 Å². The van der Waals surface area contributed by atoms with Crippen LogP contribution >= 0.6 is 8.73 Å². The van der Waals surface area contributed by atoms with Crippen LogP contribution in [0.3, 0.4) is 0 Å². The van der Waals surface area contributed by atoms with Gasteiger partial charge in [0.2, 0.25) is 0 Å². The van der Waals surface area contributed by atoms with Crippen molar-refractivity contribution in [2.45, 2.75) is 25.9 Å². The van der Waals surface area contributed by atoms with Crippen molar-refractivity contribution in [1.82, 2.24) is 5.09 Å². The molecule has 2 N–H and O–H groups in total. The maximum Gasteiger partial charge on any atom is 0.165 e. The number of benzene rings is 1. The number of hydrogen-bond acceptors (Lipinski definition) is 3. The standard InChI is InChI=1S/C13H20F2NO2P/c1-9(17)8-18-13-10(4-3-7-16-19-2)11(14)5-6-12(13)15/h5-6,9,16-17,19H,3-4,7-8H2,1-2H3. The third kappa shape index (κ3) is 5.39. The highest BCUT2D eigenvalue weighted by Crippen LogP contribution is 2.27. The Balaban J connectivity index is 2.77. The Morgan fingerprint density at radius 2 is 2.05 bits per heavy atom. The average molecular weight is 291 g/mol. The third-order valence-corrected chi connectivity index (χ3v) is 3.13. The lowest BCUT2D eigenvalue weighted by atomic mass is 10.1. The van der Waals surface area contributed by atoms with Crippen LogP contribution in [0.1, 0.15) is 18.9 Å². The third-order valence-electron chi connectivity index (χ3n) is 2.53. The van der Waals surface area contributed by atoms with Gasteiger partial charge in [0, 0.05) is 5.56 Å². The normalized spacial score (nSPS) is 13.1. The molecule has 0 fully saturated rings. The number of ether oxygens (including phenoxy) is 1. The summed E-state index contributed by atoms with van der Waals surface area (Å²) < 4.78 is 32.6. The van der Waals surface area contributed by atoms with E-state index >= 15 is 0 Å². The fourth-order valence-electron chi connectivity index (χ4n) is 1.65. The van der Waals surface area contributed by atoms with E-state index < -0.39 is 17.7 Å². The highest BCUT2D eigenvalue weighted by Gasteiger charge is 2.15. The summed E-state index contributed by atoms with van der Waals surface area (Å²) in [4.78, 5) is 0. The smallest absolute Gasteiger partial charge is 0.165 e. The summed E-state index contributed by atoms with van der Waals surface area (Å²) >= 11 is 0. The predicted molar refractivity (Wildman–Crippen MR) is 74.1 cm³/mol. The Bertz CT molecular complexity index is 402. The number of hydrogen-bond donors (Lipinski definition) is 2. The van der Waals surface area contributed by atoms with Crippen LogP contribution in [0.25, 0.3) is 0 Å². The lowest BCUT2D eigenvalue weighted by Gasteiger charge is -2.14. The highest BCUT2D eigenvalue weighted by atomic mass is 31.1. The molecule has 2 atom stereocenters. The molecule has 0 aromatic heterocycles. The van der Waals surface area contributed by atoms with Crippen LogP contribution in [-0.4, -0.2) is 31.0 Å². The Kier molecular flexibility index (Phi) is 7.21. The first-order valence-electron chi connectivity index (χ1n) is 6.23. The highest BCUT2D eigenvalue weighted by molar-refractivity contribution is 7.34. The Labute approximate surface area is 114 Å². The molecule has 0 amide bonds. The van der Waals surface area contributed by atoms with Crippen molar-refractivity contribution < 1.29 is 18.6 Å². The topological polar surface area (TPSA) is 41.5 Å². The van der Waals surface area contributed by atoms with E-state index in [4.69, 9.17) is 9.84 Å². The van der Waals surface area contributed by atoms with Crippen LogP contribution in [0.2, 0.25) is 0 Å². The number of aliphatic hydroxyl groups excluding tert-OH is 1. The molecule has 1 rings (SSSR count). The molecule has 0 aliphatic rings. The molecular weight excluding hydrogens is 271 g/mol. The maximum absolute atomic E-state index is 13.7. The quantitative estimate of drug-likeness (QED) is 0.571. The van der Waals surface area contributed by atoms with Gasteiger partial charge in [-0.15, -0.1) is 0 Å². The van der Waals surface area contributed by atoms with Crippen molar-refractivity contribution in [3.05, 3.63) is 29.3 Å². The van der Waals surface area contributed by atoms with Gasteiger partial charge in [-0.1, -0.05) is 8.73 Å². The van der Waals surface area contributed by atoms with Gasteiger partial charge in [0.1, 0.15) is 12.4 Å². The second kappa shape index (κ2) is 8.41. The van der Waals surface area contributed by atoms with Crippen LogP contribution in [0, 0.1) is 11.6 Å². The van der Waals surface area contributed by atoms with Gasteiger partial charge in [0.15, 0.2) is 11.6 Å². The molecule has 0 spiro atoms. The van der Waals surface area contributed by atoms with Gasteiger partial charge in [0.05, 0.1) is 6.10 Å². The van der Waals surface area contributed by atoms with Gasteiger partial charge in [-0.05, 0) is 45.1 Å². The Morgan fingerprint density at radius 1 is 1.37 bits per heavy atom. The molecular formula is C13H20F2NO2P. The number of halogens is 2. The van der Waals surface area contributed by atoms with E-state index in [1.54, 1.807) is 0 Å². The van der Waals surface area contributed by atoms with Crippen molar-refractivity contribution in [2.24, 2.45) is 0 Å². The molecule has 0 aliphatic carbocycles. The molecule has 108 valence electrons. The summed E-state index contributed by atoms with van der Waals surface area (Å²) in [5, 5.41) is 12.3. The van der Waals surface area contributed by atoms with Gasteiger partial charge >= 0.3 is 0 Å². The Hall–Kier alpha value is -0.770. The van der Waals surface area contributed by atoms with E-state index in [0.29, 0.717) is 21.6 Å². The number of nitrogens with one attached hydrogen (secondary N) is 1. The van der Waals surface area contributed by atoms with E-state index in [9.17, 15) is 8.78 Å². The summed E-state index contributed by atoms with van der Waals surface area (Å²) in [7, 11) is 0.632. The fraction of sp³-hybridized carbons (Fsp3) is 0.538. The van der Waals surface area contributed by atoms with Crippen LogP contribution in [0.4, 0.5) is 8.78 Å². The van der Waals surface area contributed by atoms with Gasteiger partial charge in [-0.25, -0.2) is 8.78 Å². The molecule has 0 saturated carbocycles. The van der Waals surface area contributed by atoms with Gasteiger partial charge in [-0.2, -0.15) is 0 Å². The molecule has 0 aliphatic heterocycles. The van der Waals surface area contributed by atoms with Crippen LogP contribution < -0.4 is 9.82 Å². The molecule has 0 radical (unpaired) electrons. The van der Waals surface area contributed by atoms with Crippen molar-refractivity contribution in [1.29, 1.82) is 0 Å². The number of rotatable bonds is 8. The largest absolute Gasteiger partial charge is 0.487 e. The molecule has 0 heterocycles. The van der Waals surface area contributed by atoms with Crippen molar-refractivity contribution in [3.8, 4) is 5.75 Å². The summed E-state index contributed by atoms with van der Waals surface area (Å²) in [6, 6.07) is 2.15. The van der Waals surface area contributed by atoms with E-state index in [1.165, 1.54) is 6.92 Å². The molecule has 0 saturated heterocycles. The Morgan fingerprint density at radius 3 is 2.68 bits per heavy atom. The minimum absolute atomic E-state index is 0.0536. The maximum atomic E-state index is 13.7. The lowest BCUT2D eigenvalue weighted by molar-refractivity contribution is 0.119. The first kappa shape index (κ1) is 16.3. The van der Waals surface area contributed by atoms with Gasteiger partial charge in [-0.3, -0.25) is 5.09 Å². The van der Waals surface area contributed by atoms with E-state index in [1.807, 2.05) is 6.66 Å².